The lowest BCUT2D eigenvalue weighted by Gasteiger charge is -2.02. The normalized spacial score (nSPS) is 10.2. The van der Waals surface area contributed by atoms with Crippen LogP contribution >= 0.6 is 0 Å². The van der Waals surface area contributed by atoms with Gasteiger partial charge >= 0.3 is 0 Å². The van der Waals surface area contributed by atoms with E-state index in [1.807, 2.05) is 24.3 Å². The van der Waals surface area contributed by atoms with Gasteiger partial charge in [-0.25, -0.2) is 0 Å². The standard InChI is InChI=1S/C10H15NO/c1-2-11-7-9-3-5-10(8-12)6-4-9/h3-6,11-12H,2,7-8H2,1H3. The average molecular weight is 165 g/mol. The highest BCUT2D eigenvalue weighted by Crippen LogP contribution is 2.03. The zero-order valence-corrected chi connectivity index (χ0v) is 7.38. The molecule has 2 heteroatoms. The van der Waals surface area contributed by atoms with Crippen LogP contribution in [0, 0.1) is 0 Å². The lowest BCUT2D eigenvalue weighted by Crippen LogP contribution is -2.11. The third-order valence-corrected chi connectivity index (χ3v) is 1.78. The van der Waals surface area contributed by atoms with E-state index in [4.69, 9.17) is 5.11 Å². The Morgan fingerprint density at radius 2 is 1.75 bits per heavy atom. The second kappa shape index (κ2) is 4.91. The number of benzene rings is 1. The van der Waals surface area contributed by atoms with E-state index >= 15 is 0 Å². The van der Waals surface area contributed by atoms with E-state index in [-0.39, 0.29) is 6.61 Å². The highest BCUT2D eigenvalue weighted by Gasteiger charge is 1.91. The first-order chi connectivity index (χ1) is 5.86. The van der Waals surface area contributed by atoms with E-state index in [9.17, 15) is 0 Å². The third kappa shape index (κ3) is 2.64. The predicted octanol–water partition coefficient (Wildman–Crippen LogP) is 1.29. The molecule has 2 nitrogen and oxygen atoms in total. The molecule has 0 spiro atoms. The number of aliphatic hydroxyl groups excluding tert-OH is 1. The molecule has 1 aromatic rings. The fourth-order valence-corrected chi connectivity index (χ4v) is 1.03. The summed E-state index contributed by atoms with van der Waals surface area (Å²) in [5.74, 6) is 0. The first-order valence-corrected chi connectivity index (χ1v) is 4.26. The van der Waals surface area contributed by atoms with Crippen molar-refractivity contribution in [3.05, 3.63) is 35.4 Å². The van der Waals surface area contributed by atoms with Crippen LogP contribution in [0.3, 0.4) is 0 Å². The van der Waals surface area contributed by atoms with Gasteiger partial charge in [-0.05, 0) is 17.7 Å². The van der Waals surface area contributed by atoms with Crippen molar-refractivity contribution in [3.8, 4) is 0 Å². The van der Waals surface area contributed by atoms with Crippen molar-refractivity contribution in [2.75, 3.05) is 6.54 Å². The maximum absolute atomic E-state index is 8.79. The molecule has 12 heavy (non-hydrogen) atoms. The summed E-state index contributed by atoms with van der Waals surface area (Å²) in [6.45, 7) is 4.10. The molecule has 0 bridgehead atoms. The molecule has 0 aliphatic rings. The molecule has 0 atom stereocenters. The molecule has 0 amide bonds. The van der Waals surface area contributed by atoms with Gasteiger partial charge in [0, 0.05) is 6.54 Å². The number of hydrogen-bond acceptors (Lipinski definition) is 2. The zero-order valence-electron chi connectivity index (χ0n) is 7.38. The van der Waals surface area contributed by atoms with Gasteiger partial charge < -0.3 is 10.4 Å². The van der Waals surface area contributed by atoms with Crippen molar-refractivity contribution in [3.63, 3.8) is 0 Å². The van der Waals surface area contributed by atoms with E-state index in [2.05, 4.69) is 12.2 Å². The summed E-state index contributed by atoms with van der Waals surface area (Å²) < 4.78 is 0. The molecule has 0 fully saturated rings. The summed E-state index contributed by atoms with van der Waals surface area (Å²) in [6.07, 6.45) is 0. The summed E-state index contributed by atoms with van der Waals surface area (Å²) >= 11 is 0. The first-order valence-electron chi connectivity index (χ1n) is 4.26. The second-order valence-corrected chi connectivity index (χ2v) is 2.75. The molecule has 0 aliphatic heterocycles. The summed E-state index contributed by atoms with van der Waals surface area (Å²) in [6, 6.07) is 7.97. The van der Waals surface area contributed by atoms with E-state index < -0.39 is 0 Å². The average Bonchev–Trinajstić information content (AvgIpc) is 2.15. The highest BCUT2D eigenvalue weighted by molar-refractivity contribution is 5.21. The molecule has 0 saturated carbocycles. The Kier molecular flexibility index (Phi) is 3.77. The first kappa shape index (κ1) is 9.23. The van der Waals surface area contributed by atoms with E-state index in [1.54, 1.807) is 0 Å². The second-order valence-electron chi connectivity index (χ2n) is 2.75. The van der Waals surface area contributed by atoms with Crippen molar-refractivity contribution < 1.29 is 5.11 Å². The van der Waals surface area contributed by atoms with Crippen molar-refractivity contribution in [1.82, 2.24) is 5.32 Å². The van der Waals surface area contributed by atoms with Gasteiger partial charge in [-0.2, -0.15) is 0 Å². The zero-order chi connectivity index (χ0) is 8.81. The van der Waals surface area contributed by atoms with Gasteiger partial charge in [0.15, 0.2) is 0 Å². The van der Waals surface area contributed by atoms with E-state index in [0.717, 1.165) is 18.7 Å². The minimum Gasteiger partial charge on any atom is -0.392 e. The Labute approximate surface area is 73.2 Å². The summed E-state index contributed by atoms with van der Waals surface area (Å²) in [4.78, 5) is 0. The van der Waals surface area contributed by atoms with Crippen LogP contribution in [-0.4, -0.2) is 11.7 Å². The van der Waals surface area contributed by atoms with Crippen LogP contribution in [-0.2, 0) is 13.2 Å². The Hall–Kier alpha value is -0.860. The van der Waals surface area contributed by atoms with Crippen LogP contribution in [0.25, 0.3) is 0 Å². The Morgan fingerprint density at radius 1 is 1.17 bits per heavy atom. The van der Waals surface area contributed by atoms with E-state index in [0.29, 0.717) is 0 Å². The molecule has 0 unspecified atom stereocenters. The molecule has 0 heterocycles. The quantitative estimate of drug-likeness (QED) is 0.704. The summed E-state index contributed by atoms with van der Waals surface area (Å²) in [5.41, 5.74) is 2.23. The van der Waals surface area contributed by atoms with Gasteiger partial charge in [0.2, 0.25) is 0 Å². The number of aliphatic hydroxyl groups is 1. The Bertz CT molecular complexity index is 218. The predicted molar refractivity (Wildman–Crippen MR) is 49.7 cm³/mol. The van der Waals surface area contributed by atoms with Gasteiger partial charge in [0.25, 0.3) is 0 Å². The molecule has 0 saturated heterocycles. The molecule has 2 N–H and O–H groups in total. The molecular formula is C10H15NO. The SMILES string of the molecule is CCNCc1ccc(CO)cc1. The van der Waals surface area contributed by atoms with Crippen LogP contribution in [0.15, 0.2) is 24.3 Å². The lowest BCUT2D eigenvalue weighted by molar-refractivity contribution is 0.282. The van der Waals surface area contributed by atoms with Gasteiger partial charge in [0.1, 0.15) is 0 Å². The minimum absolute atomic E-state index is 0.126. The lowest BCUT2D eigenvalue weighted by atomic mass is 10.1. The molecule has 0 aromatic heterocycles. The van der Waals surface area contributed by atoms with Crippen LogP contribution < -0.4 is 5.32 Å². The van der Waals surface area contributed by atoms with E-state index in [1.165, 1.54) is 5.56 Å². The Balaban J connectivity index is 2.53. The fraction of sp³-hybridized carbons (Fsp3) is 0.400. The van der Waals surface area contributed by atoms with Crippen molar-refractivity contribution >= 4 is 0 Å². The third-order valence-electron chi connectivity index (χ3n) is 1.78. The van der Waals surface area contributed by atoms with Crippen molar-refractivity contribution in [2.24, 2.45) is 0 Å². The molecule has 66 valence electrons. The van der Waals surface area contributed by atoms with Crippen LogP contribution in [0.1, 0.15) is 18.1 Å². The van der Waals surface area contributed by atoms with Gasteiger partial charge in [0.05, 0.1) is 6.61 Å². The molecule has 1 rings (SSSR count). The van der Waals surface area contributed by atoms with Gasteiger partial charge in [-0.3, -0.25) is 0 Å². The molecule has 0 aliphatic carbocycles. The highest BCUT2D eigenvalue weighted by atomic mass is 16.3. The van der Waals surface area contributed by atoms with Crippen molar-refractivity contribution in [1.29, 1.82) is 0 Å². The Morgan fingerprint density at radius 3 is 2.25 bits per heavy atom. The van der Waals surface area contributed by atoms with Gasteiger partial charge in [-0.15, -0.1) is 0 Å². The van der Waals surface area contributed by atoms with Crippen molar-refractivity contribution in [2.45, 2.75) is 20.1 Å². The largest absolute Gasteiger partial charge is 0.392 e. The van der Waals surface area contributed by atoms with Crippen LogP contribution in [0.4, 0.5) is 0 Å². The summed E-state index contributed by atoms with van der Waals surface area (Å²) in [5, 5.41) is 12.0. The van der Waals surface area contributed by atoms with Crippen LogP contribution in [0.2, 0.25) is 0 Å². The maximum Gasteiger partial charge on any atom is 0.0681 e. The smallest absolute Gasteiger partial charge is 0.0681 e. The molecule has 0 radical (unpaired) electrons. The van der Waals surface area contributed by atoms with Crippen LogP contribution in [0.5, 0.6) is 0 Å². The number of nitrogens with one attached hydrogen (secondary N) is 1. The number of hydrogen-bond donors (Lipinski definition) is 2. The summed E-state index contributed by atoms with van der Waals surface area (Å²) in [7, 11) is 0. The molecular weight excluding hydrogens is 150 g/mol. The minimum atomic E-state index is 0.126. The number of rotatable bonds is 4. The topological polar surface area (TPSA) is 32.3 Å². The monoisotopic (exact) mass is 165 g/mol. The fourth-order valence-electron chi connectivity index (χ4n) is 1.03. The van der Waals surface area contributed by atoms with Gasteiger partial charge in [-0.1, -0.05) is 31.2 Å². The molecule has 1 aromatic carbocycles. The maximum atomic E-state index is 8.79.